The van der Waals surface area contributed by atoms with Gasteiger partial charge in [-0.25, -0.2) is 9.59 Å². The van der Waals surface area contributed by atoms with Crippen molar-refractivity contribution in [3.63, 3.8) is 0 Å². The van der Waals surface area contributed by atoms with Crippen LogP contribution >= 0.6 is 0 Å². The van der Waals surface area contributed by atoms with Crippen molar-refractivity contribution in [3.8, 4) is 11.1 Å². The number of aliphatic hydroxyl groups excluding tert-OH is 1. The minimum absolute atomic E-state index is 0.0657. The third-order valence-electron chi connectivity index (χ3n) is 6.12. The number of benzene rings is 2. The Morgan fingerprint density at radius 1 is 1.09 bits per heavy atom. The second-order valence-electron chi connectivity index (χ2n) is 8.23. The van der Waals surface area contributed by atoms with Crippen molar-refractivity contribution < 1.29 is 33.9 Å². The topological polar surface area (TPSA) is 142 Å². The highest BCUT2D eigenvalue weighted by molar-refractivity contribution is 5.96. The monoisotopic (exact) mass is 463 g/mol. The fourth-order valence-corrected chi connectivity index (χ4v) is 4.59. The second kappa shape index (κ2) is 8.64. The van der Waals surface area contributed by atoms with Crippen LogP contribution in [0.3, 0.4) is 0 Å². The van der Waals surface area contributed by atoms with Gasteiger partial charge in [-0.1, -0.05) is 53.7 Å². The quantitative estimate of drug-likeness (QED) is 0.524. The first-order valence-corrected chi connectivity index (χ1v) is 10.7. The van der Waals surface area contributed by atoms with Crippen molar-refractivity contribution in [3.05, 3.63) is 71.4 Å². The SMILES string of the molecule is O=C(Nc1cc(C(=O)N2C[C@H](O)C[C@@H]2C(=O)O)no1)OCC1c2ccccc2-c2ccccc21. The molecule has 2 atom stereocenters. The molecule has 0 unspecified atom stereocenters. The van der Waals surface area contributed by atoms with Gasteiger partial charge in [0.15, 0.2) is 5.69 Å². The van der Waals surface area contributed by atoms with Crippen LogP contribution in [0.15, 0.2) is 59.1 Å². The zero-order chi connectivity index (χ0) is 23.8. The molecule has 1 saturated heterocycles. The summed E-state index contributed by atoms with van der Waals surface area (Å²) in [4.78, 5) is 37.4. The minimum Gasteiger partial charge on any atom is -0.480 e. The van der Waals surface area contributed by atoms with Gasteiger partial charge >= 0.3 is 12.1 Å². The number of nitrogens with one attached hydrogen (secondary N) is 1. The lowest BCUT2D eigenvalue weighted by Gasteiger charge is -2.19. The van der Waals surface area contributed by atoms with E-state index in [1.165, 1.54) is 6.07 Å². The highest BCUT2D eigenvalue weighted by Gasteiger charge is 2.40. The number of carbonyl (C=O) groups is 3. The molecular weight excluding hydrogens is 442 g/mol. The molecule has 1 aliphatic heterocycles. The molecule has 1 aliphatic carbocycles. The number of likely N-dealkylation sites (tertiary alicyclic amines) is 1. The number of carbonyl (C=O) groups excluding carboxylic acids is 2. The minimum atomic E-state index is -1.22. The van der Waals surface area contributed by atoms with E-state index in [2.05, 4.69) is 10.5 Å². The maximum Gasteiger partial charge on any atom is 0.414 e. The Labute approximate surface area is 193 Å². The summed E-state index contributed by atoms with van der Waals surface area (Å²) in [7, 11) is 0. The third-order valence-corrected chi connectivity index (χ3v) is 6.12. The number of rotatable bonds is 5. The van der Waals surface area contributed by atoms with Gasteiger partial charge in [0.2, 0.25) is 5.88 Å². The van der Waals surface area contributed by atoms with Gasteiger partial charge in [0.05, 0.1) is 6.10 Å². The van der Waals surface area contributed by atoms with Gasteiger partial charge in [0.25, 0.3) is 5.91 Å². The third kappa shape index (κ3) is 3.88. The van der Waals surface area contributed by atoms with Crippen molar-refractivity contribution >= 4 is 23.9 Å². The summed E-state index contributed by atoms with van der Waals surface area (Å²) in [5, 5.41) is 25.0. The number of aliphatic hydroxyl groups is 1. The fourth-order valence-electron chi connectivity index (χ4n) is 4.59. The van der Waals surface area contributed by atoms with Gasteiger partial charge in [-0.2, -0.15) is 0 Å². The first kappa shape index (κ1) is 21.7. The van der Waals surface area contributed by atoms with E-state index in [0.717, 1.165) is 27.2 Å². The van der Waals surface area contributed by atoms with E-state index in [1.54, 1.807) is 0 Å². The van der Waals surface area contributed by atoms with E-state index >= 15 is 0 Å². The van der Waals surface area contributed by atoms with E-state index in [4.69, 9.17) is 9.26 Å². The lowest BCUT2D eigenvalue weighted by atomic mass is 9.98. The number of carboxylic acids is 1. The summed E-state index contributed by atoms with van der Waals surface area (Å²) >= 11 is 0. The zero-order valence-electron chi connectivity index (χ0n) is 17.9. The molecule has 2 heterocycles. The predicted molar refractivity (Wildman–Crippen MR) is 118 cm³/mol. The molecule has 0 bridgehead atoms. The molecule has 3 N–H and O–H groups in total. The number of β-amino-alcohol motifs (C(OH)–C–C–N with tert-alkyl or cyclic N) is 1. The molecule has 10 heteroatoms. The maximum atomic E-state index is 12.6. The van der Waals surface area contributed by atoms with Crippen molar-refractivity contribution in [2.75, 3.05) is 18.5 Å². The Balaban J connectivity index is 1.23. The number of aromatic nitrogens is 1. The van der Waals surface area contributed by atoms with Gasteiger partial charge in [-0.15, -0.1) is 0 Å². The van der Waals surface area contributed by atoms with Crippen LogP contribution in [0, 0.1) is 0 Å². The number of ether oxygens (including phenoxy) is 1. The molecule has 0 spiro atoms. The Hall–Kier alpha value is -4.18. The second-order valence-corrected chi connectivity index (χ2v) is 8.23. The molecule has 0 saturated carbocycles. The van der Waals surface area contributed by atoms with Gasteiger partial charge in [-0.05, 0) is 22.3 Å². The average molecular weight is 463 g/mol. The largest absolute Gasteiger partial charge is 0.480 e. The molecule has 3 aromatic rings. The predicted octanol–water partition coefficient (Wildman–Crippen LogP) is 2.70. The molecule has 5 rings (SSSR count). The number of nitrogens with zero attached hydrogens (tertiary/aromatic N) is 2. The van der Waals surface area contributed by atoms with Crippen LogP contribution < -0.4 is 5.32 Å². The van der Waals surface area contributed by atoms with E-state index in [0.29, 0.717) is 0 Å². The molecular formula is C24H21N3O7. The van der Waals surface area contributed by atoms with E-state index in [9.17, 15) is 24.6 Å². The number of aliphatic carboxylic acids is 1. The Morgan fingerprint density at radius 2 is 1.74 bits per heavy atom. The van der Waals surface area contributed by atoms with Crippen LogP contribution in [0.25, 0.3) is 11.1 Å². The molecule has 174 valence electrons. The van der Waals surface area contributed by atoms with E-state index < -0.39 is 30.1 Å². The Bertz CT molecular complexity index is 1230. The summed E-state index contributed by atoms with van der Waals surface area (Å²) < 4.78 is 10.4. The highest BCUT2D eigenvalue weighted by atomic mass is 16.6. The average Bonchev–Trinajstić information content (AvgIpc) is 3.53. The van der Waals surface area contributed by atoms with Gasteiger partial charge < -0.3 is 24.4 Å². The lowest BCUT2D eigenvalue weighted by Crippen LogP contribution is -2.40. The molecule has 10 nitrogen and oxygen atoms in total. The van der Waals surface area contributed by atoms with E-state index in [1.807, 2.05) is 48.5 Å². The molecule has 34 heavy (non-hydrogen) atoms. The normalized spacial score (nSPS) is 18.9. The number of hydrogen-bond acceptors (Lipinski definition) is 7. The molecule has 2 aromatic carbocycles. The van der Waals surface area contributed by atoms with Crippen molar-refractivity contribution in [2.45, 2.75) is 24.5 Å². The van der Waals surface area contributed by atoms with Crippen LogP contribution in [0.5, 0.6) is 0 Å². The van der Waals surface area contributed by atoms with Crippen molar-refractivity contribution in [1.29, 1.82) is 0 Å². The van der Waals surface area contributed by atoms with Crippen LogP contribution in [0.2, 0.25) is 0 Å². The smallest absolute Gasteiger partial charge is 0.414 e. The van der Waals surface area contributed by atoms with Gasteiger partial charge in [-0.3, -0.25) is 10.1 Å². The standard InChI is InChI=1S/C24H21N3O7/c28-13-9-20(23(30)31)27(11-13)22(29)19-10-21(34-26-19)25-24(32)33-12-18-16-7-3-1-5-14(16)15-6-2-4-8-17(15)18/h1-8,10,13,18,20,28H,9,11-12H2,(H,25,32)(H,30,31)/t13-,20-/m1/s1. The molecule has 1 aromatic heterocycles. The molecule has 1 fully saturated rings. The summed E-state index contributed by atoms with van der Waals surface area (Å²) in [6, 6.07) is 15.9. The summed E-state index contributed by atoms with van der Waals surface area (Å²) in [5.41, 5.74) is 4.18. The maximum absolute atomic E-state index is 12.6. The summed E-state index contributed by atoms with van der Waals surface area (Å²) in [6.07, 6.45) is -1.78. The van der Waals surface area contributed by atoms with Crippen molar-refractivity contribution in [1.82, 2.24) is 10.1 Å². The first-order valence-electron chi connectivity index (χ1n) is 10.7. The van der Waals surface area contributed by atoms with Crippen LogP contribution in [-0.4, -0.2) is 63.5 Å². The molecule has 2 aliphatic rings. The van der Waals surface area contributed by atoms with Gasteiger partial charge in [0, 0.05) is 24.9 Å². The van der Waals surface area contributed by atoms with Crippen LogP contribution in [0.1, 0.15) is 34.0 Å². The fraction of sp³-hybridized carbons (Fsp3) is 0.250. The lowest BCUT2D eigenvalue weighted by molar-refractivity contribution is -0.141. The van der Waals surface area contributed by atoms with Gasteiger partial charge in [0.1, 0.15) is 12.6 Å². The van der Waals surface area contributed by atoms with Crippen LogP contribution in [0.4, 0.5) is 10.7 Å². The molecule has 0 radical (unpaired) electrons. The Kier molecular flexibility index (Phi) is 5.50. The number of hydrogen-bond donors (Lipinski definition) is 3. The number of amides is 2. The van der Waals surface area contributed by atoms with E-state index in [-0.39, 0.29) is 37.1 Å². The number of anilines is 1. The van der Waals surface area contributed by atoms with Crippen molar-refractivity contribution in [2.24, 2.45) is 0 Å². The Morgan fingerprint density at radius 3 is 2.38 bits per heavy atom. The number of fused-ring (bicyclic) bond motifs is 3. The first-order chi connectivity index (χ1) is 16.4. The summed E-state index contributed by atoms with van der Waals surface area (Å²) in [5.74, 6) is -2.16. The molecule has 2 amide bonds. The zero-order valence-corrected chi connectivity index (χ0v) is 17.9. The van der Waals surface area contributed by atoms with Crippen LogP contribution in [-0.2, 0) is 9.53 Å². The highest BCUT2D eigenvalue weighted by Crippen LogP contribution is 2.44. The number of carboxylic acid groups (broad SMARTS) is 1. The summed E-state index contributed by atoms with van der Waals surface area (Å²) in [6.45, 7) is -0.0243.